The van der Waals surface area contributed by atoms with Gasteiger partial charge in [0.1, 0.15) is 0 Å². The Hall–Kier alpha value is -16.8. The number of hydrogen-bond donors (Lipinski definition) is 0. The molecule has 24 aromatic rings. The Morgan fingerprint density at radius 3 is 0.786 bits per heavy atom. The van der Waals surface area contributed by atoms with E-state index in [1.807, 2.05) is 48.5 Å². The second kappa shape index (κ2) is 33.3. The van der Waals surface area contributed by atoms with E-state index in [-0.39, 0.29) is 0 Å². The van der Waals surface area contributed by atoms with Crippen LogP contribution in [0.15, 0.2) is 473 Å². The molecule has 0 N–H and O–H groups in total. The Morgan fingerprint density at radius 2 is 0.389 bits per heavy atom. The van der Waals surface area contributed by atoms with Gasteiger partial charge in [-0.05, 0) is 169 Å². The molecule has 0 aliphatic carbocycles. The highest BCUT2D eigenvalue weighted by Crippen LogP contribution is 2.45. The molecule has 6 heteroatoms. The van der Waals surface area contributed by atoms with Crippen LogP contribution in [-0.2, 0) is 0 Å². The summed E-state index contributed by atoms with van der Waals surface area (Å²) in [5.41, 5.74) is 30.8. The topological polar surface area (TPSA) is 77.3 Å². The largest absolute Gasteiger partial charge is 0.244 e. The number of para-hydroxylation sites is 3. The number of benzene rings is 21. The van der Waals surface area contributed by atoms with Crippen LogP contribution in [0.25, 0.3) is 232 Å². The summed E-state index contributed by atoms with van der Waals surface area (Å²) >= 11 is 0. The fraction of sp³-hybridized carbons (Fsp3) is 0. The van der Waals surface area contributed by atoms with Crippen molar-refractivity contribution in [3.05, 3.63) is 473 Å². The van der Waals surface area contributed by atoms with E-state index in [4.69, 9.17) is 29.9 Å². The van der Waals surface area contributed by atoms with Crippen molar-refractivity contribution in [2.75, 3.05) is 0 Å². The molecular formula is C120H78N6. The van der Waals surface area contributed by atoms with Gasteiger partial charge >= 0.3 is 0 Å². The van der Waals surface area contributed by atoms with Crippen LogP contribution in [0.2, 0.25) is 0 Å². The zero-order chi connectivity index (χ0) is 83.6. The van der Waals surface area contributed by atoms with Crippen LogP contribution in [0, 0.1) is 0 Å². The van der Waals surface area contributed by atoms with Crippen LogP contribution in [0.4, 0.5) is 0 Å². The van der Waals surface area contributed by atoms with Crippen LogP contribution >= 0.6 is 0 Å². The number of fused-ring (bicyclic) bond motifs is 12. The molecule has 0 amide bonds. The van der Waals surface area contributed by atoms with Gasteiger partial charge in [0.25, 0.3) is 0 Å². The summed E-state index contributed by atoms with van der Waals surface area (Å²) in [4.78, 5) is 31.7. The summed E-state index contributed by atoms with van der Waals surface area (Å²) in [6, 6.07) is 167. The molecule has 0 aliphatic rings. The SMILES string of the molecule is c1ccc(-c2nc3cccc(-c4cc(-c5ccc6ccccc6c5)cc(-c5ccc6ccccc6c5)c4)c3nc2-c2ccccc2)cc1.c1ccc(-c2nc3cccc(-c4ccc(-c5ccccc5)c5ccccc45)c3nc2-c2ccccc2)cc1.c1ccc(-c2nc3cccc(-c4ccc5c6ccccc6c6ccccc6c5c4)c3nc2-c2ccccc2)cc1. The Bertz CT molecular complexity index is 8100. The monoisotopic (exact) mass is 1600 g/mol. The molecule has 0 bridgehead atoms. The van der Waals surface area contributed by atoms with Crippen molar-refractivity contribution in [2.45, 2.75) is 0 Å². The molecule has 3 aromatic heterocycles. The Morgan fingerprint density at radius 1 is 0.111 bits per heavy atom. The molecule has 0 saturated heterocycles. The van der Waals surface area contributed by atoms with Crippen molar-refractivity contribution in [3.8, 4) is 134 Å². The summed E-state index contributed by atoms with van der Waals surface area (Å²) in [6.45, 7) is 0. The molecule has 0 aliphatic heterocycles. The van der Waals surface area contributed by atoms with Crippen molar-refractivity contribution >= 4 is 97.7 Å². The smallest absolute Gasteiger partial charge is 0.0973 e. The average Bonchev–Trinajstić information content (AvgIpc) is 0.741. The average molecular weight is 1600 g/mol. The maximum absolute atomic E-state index is 5.42. The summed E-state index contributed by atoms with van der Waals surface area (Å²) in [7, 11) is 0. The lowest BCUT2D eigenvalue weighted by Crippen LogP contribution is -1.97. The molecule has 3 heterocycles. The quantitative estimate of drug-likeness (QED) is 0.113. The lowest BCUT2D eigenvalue weighted by Gasteiger charge is -2.15. The normalized spacial score (nSPS) is 11.3. The first-order valence-electron chi connectivity index (χ1n) is 42.8. The molecule has 126 heavy (non-hydrogen) atoms. The van der Waals surface area contributed by atoms with Crippen LogP contribution in [-0.4, -0.2) is 29.9 Å². The van der Waals surface area contributed by atoms with E-state index >= 15 is 0 Å². The van der Waals surface area contributed by atoms with E-state index in [2.05, 4.69) is 425 Å². The van der Waals surface area contributed by atoms with Crippen LogP contribution in [0.1, 0.15) is 0 Å². The first-order valence-corrected chi connectivity index (χ1v) is 42.8. The number of nitrogens with zero attached hydrogens (tertiary/aromatic N) is 6. The lowest BCUT2D eigenvalue weighted by atomic mass is 9.91. The highest BCUT2D eigenvalue weighted by Gasteiger charge is 2.23. The fourth-order valence-corrected chi connectivity index (χ4v) is 18.0. The standard InChI is InChI=1S/C46H30N2.C38H24N2.C36H24N2/c1-3-14-33(15-4-1)44-45(34-16-5-2-6-17-34)48-46-42(20-11-21-43(46)47-44)41-29-39(37-24-22-31-12-7-9-18-35(31)26-37)28-40(30-41)38-25-23-32-13-8-10-19-36(32)27-38;1-3-12-25(13-4-1)36-37(26-14-5-2-6-15-26)40-38-28(20-11-21-35(38)39-36)27-22-23-33-31-18-8-7-16-29(31)30-17-9-10-19-32(30)34(33)24-27;1-4-13-25(14-5-1)28-23-24-31(30-20-11-10-19-29(28)30)32-21-12-22-33-36(32)38-35(27-17-8-3-9-18-27)34(37-33)26-15-6-2-7-16-26/h1-30H;1-24H;1-24H. The number of aromatic nitrogens is 6. The van der Waals surface area contributed by atoms with E-state index in [0.717, 1.165) is 145 Å². The zero-order valence-electron chi connectivity index (χ0n) is 68.7. The molecule has 0 fully saturated rings. The van der Waals surface area contributed by atoms with E-state index in [1.54, 1.807) is 0 Å². The van der Waals surface area contributed by atoms with Gasteiger partial charge in [0.2, 0.25) is 0 Å². The summed E-state index contributed by atoms with van der Waals surface area (Å²) in [6.07, 6.45) is 0. The molecule has 0 spiro atoms. The summed E-state index contributed by atoms with van der Waals surface area (Å²) < 4.78 is 0. The fourth-order valence-electron chi connectivity index (χ4n) is 18.0. The van der Waals surface area contributed by atoms with Gasteiger partial charge in [-0.15, -0.1) is 0 Å². The Balaban J connectivity index is 0.000000113. The second-order valence-corrected chi connectivity index (χ2v) is 31.8. The van der Waals surface area contributed by atoms with Gasteiger partial charge in [0.05, 0.1) is 67.3 Å². The van der Waals surface area contributed by atoms with E-state index in [0.29, 0.717) is 0 Å². The van der Waals surface area contributed by atoms with Gasteiger partial charge < -0.3 is 0 Å². The Labute approximate surface area is 730 Å². The minimum Gasteiger partial charge on any atom is -0.244 e. The predicted octanol–water partition coefficient (Wildman–Crippen LogP) is 31.8. The number of rotatable bonds is 12. The maximum Gasteiger partial charge on any atom is 0.0973 e. The van der Waals surface area contributed by atoms with Crippen LogP contribution < -0.4 is 0 Å². The molecule has 588 valence electrons. The highest BCUT2D eigenvalue weighted by molar-refractivity contribution is 6.26. The zero-order valence-corrected chi connectivity index (χ0v) is 68.7. The second-order valence-electron chi connectivity index (χ2n) is 31.8. The van der Waals surface area contributed by atoms with Gasteiger partial charge in [0, 0.05) is 50.1 Å². The van der Waals surface area contributed by atoms with Crippen molar-refractivity contribution in [2.24, 2.45) is 0 Å². The third kappa shape index (κ3) is 14.6. The molecule has 24 rings (SSSR count). The van der Waals surface area contributed by atoms with E-state index in [9.17, 15) is 0 Å². The Kier molecular flexibility index (Phi) is 19.9. The predicted molar refractivity (Wildman–Crippen MR) is 529 cm³/mol. The lowest BCUT2D eigenvalue weighted by molar-refractivity contribution is 1.29. The maximum atomic E-state index is 5.42. The van der Waals surface area contributed by atoms with Gasteiger partial charge in [-0.25, -0.2) is 29.9 Å². The first-order chi connectivity index (χ1) is 62.5. The molecule has 0 unspecified atom stereocenters. The molecule has 0 radical (unpaired) electrons. The summed E-state index contributed by atoms with van der Waals surface area (Å²) in [5, 5.41) is 15.0. The molecule has 0 atom stereocenters. The summed E-state index contributed by atoms with van der Waals surface area (Å²) in [5.74, 6) is 0. The van der Waals surface area contributed by atoms with Crippen molar-refractivity contribution in [1.29, 1.82) is 0 Å². The highest BCUT2D eigenvalue weighted by atomic mass is 14.9. The van der Waals surface area contributed by atoms with E-state index in [1.165, 1.54) is 86.9 Å². The van der Waals surface area contributed by atoms with Crippen molar-refractivity contribution in [3.63, 3.8) is 0 Å². The third-order valence-corrected chi connectivity index (χ3v) is 24.1. The third-order valence-electron chi connectivity index (χ3n) is 24.1. The van der Waals surface area contributed by atoms with Crippen molar-refractivity contribution < 1.29 is 0 Å². The molecule has 6 nitrogen and oxygen atoms in total. The molecule has 21 aromatic carbocycles. The van der Waals surface area contributed by atoms with Gasteiger partial charge in [-0.1, -0.05) is 419 Å². The van der Waals surface area contributed by atoms with Gasteiger partial charge in [0.15, 0.2) is 0 Å². The molecule has 0 saturated carbocycles. The van der Waals surface area contributed by atoms with Crippen LogP contribution in [0.5, 0.6) is 0 Å². The number of hydrogen-bond acceptors (Lipinski definition) is 6. The minimum absolute atomic E-state index is 0.870. The van der Waals surface area contributed by atoms with Gasteiger partial charge in [-0.3, -0.25) is 0 Å². The first kappa shape index (κ1) is 75.4. The van der Waals surface area contributed by atoms with E-state index < -0.39 is 0 Å². The molecular weight excluding hydrogens is 1530 g/mol. The van der Waals surface area contributed by atoms with Crippen LogP contribution in [0.3, 0.4) is 0 Å². The van der Waals surface area contributed by atoms with Gasteiger partial charge in [-0.2, -0.15) is 0 Å². The van der Waals surface area contributed by atoms with Crippen molar-refractivity contribution in [1.82, 2.24) is 29.9 Å². The minimum atomic E-state index is 0.870.